The molecule has 1 atom stereocenters. The summed E-state index contributed by atoms with van der Waals surface area (Å²) in [6.07, 6.45) is 0. The van der Waals surface area contributed by atoms with Crippen molar-refractivity contribution < 1.29 is 81.5 Å². The zero-order valence-electron chi connectivity index (χ0n) is 98.8. The van der Waals surface area contributed by atoms with E-state index in [1.54, 1.807) is 0 Å². The van der Waals surface area contributed by atoms with Gasteiger partial charge in [-0.25, -0.2) is 0 Å². The van der Waals surface area contributed by atoms with Crippen LogP contribution in [-0.4, -0.2) is 0 Å². The maximum atomic E-state index is 9.94. The van der Waals surface area contributed by atoms with E-state index < -0.39 is 506 Å². The highest BCUT2D eigenvalue weighted by Crippen LogP contribution is 2.53. The molecule has 20 rings (SSSR count). The second-order valence-electron chi connectivity index (χ2n) is 20.9. The molecule has 0 N–H and O–H groups in total. The van der Waals surface area contributed by atoms with Gasteiger partial charge in [0.25, 0.3) is 0 Å². The van der Waals surface area contributed by atoms with Gasteiger partial charge in [0, 0.05) is 31.1 Å². The number of benzene rings is 17. The van der Waals surface area contributed by atoms with E-state index in [2.05, 4.69) is 0 Å². The first-order valence-electron chi connectivity index (χ1n) is 53.8. The number of hydrogen-bond donors (Lipinski definition) is 0. The first kappa shape index (κ1) is 21.6. The van der Waals surface area contributed by atoms with E-state index in [0.29, 0.717) is 0 Å². The standard InChI is InChI=1S/C45H30O.C44H26O/c1-45(2)38-18-10-9-13-31(38)32-22-19-29(26-39(32)45)43-35-16-7-5-14-33(35)42(34-15-6-8-17-36(34)43)28-21-23-40-37(25-28)44-30-12-4-3-11-27(30)20-24-41(44)46-40;1-3-12-30-27(10-1)20-23-33-32(30)18-9-19-34(33)43-37-16-7-5-14-35(37)42(36-15-6-8-17-38(36)43)29-22-24-40-39(26-29)44-31-13-4-2-11-28(31)21-25-41(44)45-40/h3-26H,1-2H3;1-26H/i1D3,3D,4D,5D,6D,7D,8D,9D,10D,11D,12D,13D,14D,15D,16D,17D,18D,19D,20D,21D,22D,23D,24D,25D,26D;1D,2D,3D,4D,5D,6D,7D,8D,9D,10D,11D,12D,13D,14D,15D,16D,17D,18D,19D,20D,21D,22D,23D,24D,25D,26D. The number of furan rings is 2. The topological polar surface area (TPSA) is 26.3 Å². The van der Waals surface area contributed by atoms with Crippen molar-refractivity contribution in [2.24, 2.45) is 0 Å². The van der Waals surface area contributed by atoms with Crippen molar-refractivity contribution in [1.29, 1.82) is 0 Å². The molecule has 0 amide bonds. The molecule has 424 valence electrons. The molecule has 0 saturated heterocycles. The molecule has 0 fully saturated rings. The molecule has 1 aliphatic rings. The van der Waals surface area contributed by atoms with Crippen molar-refractivity contribution in [1.82, 2.24) is 0 Å². The predicted molar refractivity (Wildman–Crippen MR) is 387 cm³/mol. The van der Waals surface area contributed by atoms with Crippen LogP contribution in [-0.2, 0) is 5.41 Å². The molecule has 2 heterocycles. The highest BCUT2D eigenvalue weighted by Gasteiger charge is 2.35. The molecule has 1 aliphatic carbocycles. The normalized spacial score (nSPS) is 22.2. The molecule has 2 nitrogen and oxygen atoms in total. The summed E-state index contributed by atoms with van der Waals surface area (Å²) in [5.41, 5.74) is -13.0. The number of rotatable bonds is 4. The maximum absolute atomic E-state index is 9.94. The lowest BCUT2D eigenvalue weighted by atomic mass is 9.80. The minimum Gasteiger partial charge on any atom is -0.456 e. The third kappa shape index (κ3) is 7.67. The molecule has 91 heavy (non-hydrogen) atoms. The molecule has 0 aliphatic heterocycles. The van der Waals surface area contributed by atoms with Gasteiger partial charge in [-0.15, -0.1) is 0 Å². The third-order valence-corrected chi connectivity index (χ3v) is 16.0. The molecule has 2 aromatic heterocycles. The van der Waals surface area contributed by atoms with Crippen LogP contribution in [0.15, 0.2) is 311 Å². The molecule has 17 aromatic carbocycles. The fourth-order valence-electron chi connectivity index (χ4n) is 12.1. The van der Waals surface area contributed by atoms with Crippen molar-refractivity contribution in [3.63, 3.8) is 0 Å². The highest BCUT2D eigenvalue weighted by atomic mass is 16.3. The Morgan fingerprint density at radius 2 is 0.615 bits per heavy atom. The van der Waals surface area contributed by atoms with Crippen LogP contribution in [0.5, 0.6) is 0 Å². The molecule has 0 saturated carbocycles. The van der Waals surface area contributed by atoms with Gasteiger partial charge in [-0.3, -0.25) is 0 Å². The van der Waals surface area contributed by atoms with Crippen LogP contribution in [0.1, 0.15) is 97.6 Å². The maximum Gasteiger partial charge on any atom is 0.136 e. The van der Waals surface area contributed by atoms with Crippen LogP contribution in [0.4, 0.5) is 0 Å². The summed E-state index contributed by atoms with van der Waals surface area (Å²) in [5, 5.41) is -11.7. The quantitative estimate of drug-likeness (QED) is 0.130. The lowest BCUT2D eigenvalue weighted by Crippen LogP contribution is -2.14. The zero-order valence-corrected chi connectivity index (χ0v) is 45.8. The van der Waals surface area contributed by atoms with Crippen LogP contribution in [0.2, 0.25) is 0 Å². The molecule has 1 unspecified atom stereocenters. The summed E-state index contributed by atoms with van der Waals surface area (Å²) in [5.74, 6) is 0. The zero-order chi connectivity index (χ0) is 106. The Kier molecular flexibility index (Phi) is 4.68. The minimum absolute atomic E-state index is 0.389. The lowest BCUT2D eigenvalue weighted by molar-refractivity contribution is 0.660. The monoisotopic (exact) mass is 1210 g/mol. The average Bonchev–Trinajstić information content (AvgIpc) is 1.16. The largest absolute Gasteiger partial charge is 0.456 e. The van der Waals surface area contributed by atoms with Crippen LogP contribution in [0.3, 0.4) is 0 Å². The Morgan fingerprint density at radius 1 is 0.253 bits per heavy atom. The van der Waals surface area contributed by atoms with E-state index in [4.69, 9.17) is 55.4 Å². The van der Waals surface area contributed by atoms with Gasteiger partial charge in [-0.05, 0) is 195 Å². The third-order valence-electron chi connectivity index (χ3n) is 16.0. The van der Waals surface area contributed by atoms with E-state index in [-0.39, 0.29) is 5.39 Å². The van der Waals surface area contributed by atoms with E-state index >= 15 is 0 Å². The fraction of sp³-hybridized carbons (Fsp3) is 0.0337. The fourth-order valence-corrected chi connectivity index (χ4v) is 12.1. The first-order valence-corrected chi connectivity index (χ1v) is 27.3. The lowest BCUT2D eigenvalue weighted by Gasteiger charge is -2.23. The number of hydrogen-bond acceptors (Lipinski definition) is 2. The Bertz CT molecular complexity index is 9400. The van der Waals surface area contributed by atoms with E-state index in [1.807, 2.05) is 0 Å². The minimum atomic E-state index is -3.29. The first-order chi connectivity index (χ1) is 67.0. The van der Waals surface area contributed by atoms with Gasteiger partial charge in [0.1, 0.15) is 22.3 Å². The second kappa shape index (κ2) is 19.7. The average molecular weight is 1210 g/mol. The molecular weight excluding hydrogens is 1100 g/mol. The molecule has 19 aromatic rings. The van der Waals surface area contributed by atoms with Crippen molar-refractivity contribution in [3.05, 3.63) is 313 Å². The molecule has 2 heteroatoms. The van der Waals surface area contributed by atoms with E-state index in [1.165, 1.54) is 0 Å². The molecule has 0 radical (unpaired) electrons. The van der Waals surface area contributed by atoms with Gasteiger partial charge in [-0.2, -0.15) is 0 Å². The van der Waals surface area contributed by atoms with Gasteiger partial charge in [0.2, 0.25) is 0 Å². The Labute approximate surface area is 599 Å². The van der Waals surface area contributed by atoms with Gasteiger partial charge in [0.15, 0.2) is 0 Å². The summed E-state index contributed by atoms with van der Waals surface area (Å²) in [4.78, 5) is 0. The van der Waals surface area contributed by atoms with Crippen molar-refractivity contribution in [2.75, 3.05) is 0 Å². The smallest absolute Gasteiger partial charge is 0.136 e. The summed E-state index contributed by atoms with van der Waals surface area (Å²) in [7, 11) is 0. The Morgan fingerprint density at radius 3 is 1.12 bits per heavy atom. The molecular formula is C89H56O2. The van der Waals surface area contributed by atoms with Gasteiger partial charge < -0.3 is 8.83 Å². The summed E-state index contributed by atoms with van der Waals surface area (Å²) in [6.45, 7) is -2.24. The van der Waals surface area contributed by atoms with Crippen LogP contribution < -0.4 is 0 Å². The highest BCUT2D eigenvalue weighted by molar-refractivity contribution is 6.28. The SMILES string of the molecule is [2H]c1c(-c2c3c([2H])c([2H])c([2H])c([2H])c3c(-c3c([2H])c([2H])c([2H])c4c3c([2H])c([2H])c3c([2H])c([2H])c([2H])c([2H])c34)c3c([2H])c([2H])c([2H])c([2H])c23)c([2H])c2c(oc3c([2H])c([2H])c4c([2H])c([2H])c([2H])c([2H])c4c32)c1[2H].[2H]c1c([2H])c([2H])c2c(c1[2H])-c1c([2H])c([2H])c(-c3c4c([2H])c([2H])c([2H])c([2H])c4c(-c4c([2H])c([2H])c5oc6c([2H])c([2H])c7c([2H])c([2H])c([2H])c([2H])c7c6c5c4[2H])c4c([2H])c([2H])c([2H])c([2H])c34)c([2H])c1C2(C)C([2H])([2H])[2H]. The van der Waals surface area contributed by atoms with Gasteiger partial charge in [-0.1, -0.05) is 274 Å². The molecule has 0 bridgehead atoms. The van der Waals surface area contributed by atoms with Gasteiger partial charge in [0.05, 0.1) is 68.5 Å². The van der Waals surface area contributed by atoms with Crippen LogP contribution >= 0.6 is 0 Å². The predicted octanol–water partition coefficient (Wildman–Crippen LogP) is 25.4. The van der Waals surface area contributed by atoms with Crippen molar-refractivity contribution >= 4 is 130 Å². The van der Waals surface area contributed by atoms with Crippen molar-refractivity contribution in [2.45, 2.75) is 19.2 Å². The van der Waals surface area contributed by atoms with E-state index in [9.17, 15) is 26.0 Å². The Hall–Kier alpha value is -11.6. The second-order valence-corrected chi connectivity index (χ2v) is 20.9. The van der Waals surface area contributed by atoms with Gasteiger partial charge >= 0.3 is 0 Å². The number of fused-ring (bicyclic) bond motifs is 20. The molecule has 0 spiro atoms. The Balaban J connectivity index is 0.000000182. The van der Waals surface area contributed by atoms with E-state index in [0.717, 1.165) is 6.92 Å². The summed E-state index contributed by atoms with van der Waals surface area (Å²) >= 11 is 0. The van der Waals surface area contributed by atoms with Crippen LogP contribution in [0.25, 0.3) is 186 Å². The summed E-state index contributed by atoms with van der Waals surface area (Å²) < 4.78 is 491. The van der Waals surface area contributed by atoms with Crippen LogP contribution in [0, 0.1) is 0 Å². The van der Waals surface area contributed by atoms with Crippen molar-refractivity contribution in [3.8, 4) is 55.6 Å². The summed E-state index contributed by atoms with van der Waals surface area (Å²) in [6, 6.07) is -44.3.